The Kier molecular flexibility index (Phi) is 2.30. The number of rotatable bonds is 2. The molecule has 0 saturated heterocycles. The smallest absolute Gasteiger partial charge is 0.239 e. The van der Waals surface area contributed by atoms with Crippen molar-refractivity contribution in [2.24, 2.45) is 10.7 Å². The molecule has 5 heteroatoms. The topological polar surface area (TPSA) is 79.5 Å². The molecule has 4 N–H and O–H groups in total. The quantitative estimate of drug-likeness (QED) is 0.451. The number of aliphatic imine (C=N–C) groups is 1. The molecule has 62 valence electrons. The number of hydrogen-bond donors (Lipinski definition) is 3. The highest BCUT2D eigenvalue weighted by Gasteiger charge is 2.11. The first kappa shape index (κ1) is 7.84. The standard InChI is InChI=1S/C6H12N4O/c1-4(5(7)11)10-6-8-2-3-9-6/h4H,2-3H2,1H3,(H2,7,11)(H2,8,9,10). The van der Waals surface area contributed by atoms with Gasteiger partial charge in [0.25, 0.3) is 0 Å². The van der Waals surface area contributed by atoms with E-state index in [1.807, 2.05) is 0 Å². The minimum absolute atomic E-state index is 0.362. The highest BCUT2D eigenvalue weighted by atomic mass is 16.1. The molecule has 0 spiro atoms. The summed E-state index contributed by atoms with van der Waals surface area (Å²) in [5, 5.41) is 5.82. The summed E-state index contributed by atoms with van der Waals surface area (Å²) in [6, 6.07) is -0.362. The summed E-state index contributed by atoms with van der Waals surface area (Å²) in [4.78, 5) is 14.6. The summed E-state index contributed by atoms with van der Waals surface area (Å²) in [6.07, 6.45) is 0. The van der Waals surface area contributed by atoms with Crippen molar-refractivity contribution >= 4 is 11.9 Å². The van der Waals surface area contributed by atoms with Crippen LogP contribution in [0.3, 0.4) is 0 Å². The fourth-order valence-electron chi connectivity index (χ4n) is 0.771. The lowest BCUT2D eigenvalue weighted by Gasteiger charge is -2.10. The number of hydrogen-bond acceptors (Lipinski definition) is 4. The molecule has 5 nitrogen and oxygen atoms in total. The van der Waals surface area contributed by atoms with Gasteiger partial charge in [-0.1, -0.05) is 0 Å². The van der Waals surface area contributed by atoms with Gasteiger partial charge in [-0.15, -0.1) is 0 Å². The minimum Gasteiger partial charge on any atom is -0.368 e. The zero-order valence-electron chi connectivity index (χ0n) is 6.42. The summed E-state index contributed by atoms with van der Waals surface area (Å²) in [5.41, 5.74) is 5.03. The minimum atomic E-state index is -0.374. The molecule has 1 aliphatic rings. The van der Waals surface area contributed by atoms with Crippen molar-refractivity contribution in [2.45, 2.75) is 13.0 Å². The van der Waals surface area contributed by atoms with Crippen molar-refractivity contribution in [3.05, 3.63) is 0 Å². The van der Waals surface area contributed by atoms with Crippen LogP contribution < -0.4 is 16.4 Å². The van der Waals surface area contributed by atoms with Gasteiger partial charge in [0, 0.05) is 6.54 Å². The average Bonchev–Trinajstić information content (AvgIpc) is 2.39. The molecule has 0 fully saturated rings. The molecule has 0 aromatic heterocycles. The number of carbonyl (C=O) groups excluding carboxylic acids is 1. The first-order valence-corrected chi connectivity index (χ1v) is 3.54. The van der Waals surface area contributed by atoms with Gasteiger partial charge < -0.3 is 16.4 Å². The number of carbonyl (C=O) groups is 1. The second-order valence-electron chi connectivity index (χ2n) is 2.43. The average molecular weight is 156 g/mol. The second-order valence-corrected chi connectivity index (χ2v) is 2.43. The Morgan fingerprint density at radius 1 is 1.91 bits per heavy atom. The summed E-state index contributed by atoms with van der Waals surface area (Å²) in [5.74, 6) is 0.290. The van der Waals surface area contributed by atoms with Crippen molar-refractivity contribution in [3.63, 3.8) is 0 Å². The molecule has 1 amide bonds. The van der Waals surface area contributed by atoms with E-state index in [1.54, 1.807) is 6.92 Å². The Morgan fingerprint density at radius 2 is 2.64 bits per heavy atom. The molecule has 0 aliphatic carbocycles. The van der Waals surface area contributed by atoms with E-state index in [0.29, 0.717) is 5.96 Å². The number of amides is 1. The fourth-order valence-corrected chi connectivity index (χ4v) is 0.771. The molecule has 1 rings (SSSR count). The number of nitrogens with one attached hydrogen (secondary N) is 2. The van der Waals surface area contributed by atoms with Crippen LogP contribution in [0.15, 0.2) is 4.99 Å². The van der Waals surface area contributed by atoms with Gasteiger partial charge in [0.05, 0.1) is 6.54 Å². The van der Waals surface area contributed by atoms with Crippen LogP contribution in [-0.2, 0) is 4.79 Å². The van der Waals surface area contributed by atoms with Crippen molar-refractivity contribution < 1.29 is 4.79 Å². The molecule has 0 aromatic carbocycles. The number of primary amides is 1. The van der Waals surface area contributed by atoms with Crippen LogP contribution in [0.5, 0.6) is 0 Å². The summed E-state index contributed by atoms with van der Waals surface area (Å²) >= 11 is 0. The van der Waals surface area contributed by atoms with Crippen LogP contribution in [0.1, 0.15) is 6.92 Å². The van der Waals surface area contributed by atoms with Gasteiger partial charge in [-0.2, -0.15) is 0 Å². The van der Waals surface area contributed by atoms with Crippen LogP contribution in [0.4, 0.5) is 0 Å². The third-order valence-electron chi connectivity index (χ3n) is 1.45. The lowest BCUT2D eigenvalue weighted by Crippen LogP contribution is -2.46. The molecule has 11 heavy (non-hydrogen) atoms. The van der Waals surface area contributed by atoms with E-state index in [0.717, 1.165) is 13.1 Å². The first-order chi connectivity index (χ1) is 5.20. The molecular formula is C6H12N4O. The van der Waals surface area contributed by atoms with Crippen molar-refractivity contribution in [1.82, 2.24) is 10.6 Å². The number of guanidine groups is 1. The van der Waals surface area contributed by atoms with E-state index in [4.69, 9.17) is 5.73 Å². The lowest BCUT2D eigenvalue weighted by atomic mass is 10.3. The van der Waals surface area contributed by atoms with E-state index in [1.165, 1.54) is 0 Å². The third kappa shape index (κ3) is 2.10. The Balaban J connectivity index is 2.35. The number of nitrogens with zero attached hydrogens (tertiary/aromatic N) is 1. The number of nitrogens with two attached hydrogens (primary N) is 1. The molecule has 1 aliphatic heterocycles. The van der Waals surface area contributed by atoms with E-state index < -0.39 is 0 Å². The van der Waals surface area contributed by atoms with Crippen molar-refractivity contribution in [3.8, 4) is 0 Å². The van der Waals surface area contributed by atoms with Crippen LogP contribution >= 0.6 is 0 Å². The highest BCUT2D eigenvalue weighted by molar-refractivity contribution is 5.88. The van der Waals surface area contributed by atoms with E-state index in [9.17, 15) is 4.79 Å². The Hall–Kier alpha value is -1.26. The fraction of sp³-hybridized carbons (Fsp3) is 0.667. The Bertz CT molecular complexity index is 189. The maximum atomic E-state index is 10.6. The molecule has 0 aromatic rings. The zero-order chi connectivity index (χ0) is 8.27. The Labute approximate surface area is 65.1 Å². The van der Waals surface area contributed by atoms with E-state index in [-0.39, 0.29) is 11.9 Å². The largest absolute Gasteiger partial charge is 0.368 e. The van der Waals surface area contributed by atoms with Gasteiger partial charge in [-0.25, -0.2) is 0 Å². The maximum Gasteiger partial charge on any atom is 0.239 e. The second kappa shape index (κ2) is 3.23. The Morgan fingerprint density at radius 3 is 3.09 bits per heavy atom. The predicted molar refractivity (Wildman–Crippen MR) is 42.1 cm³/mol. The zero-order valence-corrected chi connectivity index (χ0v) is 6.42. The molecule has 1 heterocycles. The van der Waals surface area contributed by atoms with Gasteiger partial charge in [0.2, 0.25) is 5.91 Å². The molecule has 1 unspecified atom stereocenters. The molecule has 1 atom stereocenters. The highest BCUT2D eigenvalue weighted by Crippen LogP contribution is 1.84. The lowest BCUT2D eigenvalue weighted by molar-refractivity contribution is -0.119. The van der Waals surface area contributed by atoms with Crippen LogP contribution in [-0.4, -0.2) is 31.0 Å². The summed E-state index contributed by atoms with van der Waals surface area (Å²) in [7, 11) is 0. The molecule has 0 radical (unpaired) electrons. The van der Waals surface area contributed by atoms with Crippen molar-refractivity contribution in [1.29, 1.82) is 0 Å². The van der Waals surface area contributed by atoms with Gasteiger partial charge >= 0.3 is 0 Å². The summed E-state index contributed by atoms with van der Waals surface area (Å²) in [6.45, 7) is 3.28. The maximum absolute atomic E-state index is 10.6. The molecular weight excluding hydrogens is 144 g/mol. The van der Waals surface area contributed by atoms with Gasteiger partial charge in [-0.05, 0) is 6.92 Å². The summed E-state index contributed by atoms with van der Waals surface area (Å²) < 4.78 is 0. The first-order valence-electron chi connectivity index (χ1n) is 3.54. The van der Waals surface area contributed by atoms with Crippen LogP contribution in [0, 0.1) is 0 Å². The monoisotopic (exact) mass is 156 g/mol. The molecule has 0 bridgehead atoms. The van der Waals surface area contributed by atoms with Gasteiger partial charge in [0.15, 0.2) is 5.96 Å². The van der Waals surface area contributed by atoms with E-state index >= 15 is 0 Å². The SMILES string of the molecule is CC(NC1=NCCN1)C(N)=O. The van der Waals surface area contributed by atoms with Gasteiger partial charge in [-0.3, -0.25) is 9.79 Å². The molecule has 0 saturated carbocycles. The van der Waals surface area contributed by atoms with Crippen molar-refractivity contribution in [2.75, 3.05) is 13.1 Å². The predicted octanol–water partition coefficient (Wildman–Crippen LogP) is -1.59. The van der Waals surface area contributed by atoms with Crippen LogP contribution in [0.25, 0.3) is 0 Å². The normalized spacial score (nSPS) is 18.5. The third-order valence-corrected chi connectivity index (χ3v) is 1.45. The van der Waals surface area contributed by atoms with Gasteiger partial charge in [0.1, 0.15) is 6.04 Å². The van der Waals surface area contributed by atoms with Crippen LogP contribution in [0.2, 0.25) is 0 Å². The van der Waals surface area contributed by atoms with E-state index in [2.05, 4.69) is 15.6 Å².